The number of fused-ring (bicyclic) bond motifs is 1. The normalized spacial score (nSPS) is 23.6. The molecule has 0 radical (unpaired) electrons. The van der Waals surface area contributed by atoms with E-state index >= 15 is 0 Å². The van der Waals surface area contributed by atoms with E-state index in [0.29, 0.717) is 24.1 Å². The molecule has 2 saturated carbocycles. The van der Waals surface area contributed by atoms with Crippen LogP contribution in [0.5, 0.6) is 0 Å². The van der Waals surface area contributed by atoms with Crippen molar-refractivity contribution in [1.82, 2.24) is 30.0 Å². The zero-order valence-corrected chi connectivity index (χ0v) is 20.3. The van der Waals surface area contributed by atoms with E-state index in [1.807, 2.05) is 18.5 Å². The van der Waals surface area contributed by atoms with Crippen LogP contribution in [-0.2, 0) is 0 Å². The lowest BCUT2D eigenvalue weighted by Crippen LogP contribution is -2.43. The summed E-state index contributed by atoms with van der Waals surface area (Å²) < 4.78 is 2.11. The van der Waals surface area contributed by atoms with E-state index < -0.39 is 0 Å². The van der Waals surface area contributed by atoms with Crippen LogP contribution in [0.25, 0.3) is 11.0 Å². The molecule has 0 amide bonds. The van der Waals surface area contributed by atoms with Crippen LogP contribution < -0.4 is 26.6 Å². The number of aromatic nitrogens is 5. The Hall–Kier alpha value is -2.98. The summed E-state index contributed by atoms with van der Waals surface area (Å²) in [5.41, 5.74) is 8.16. The molecule has 6 rings (SSSR count). The van der Waals surface area contributed by atoms with E-state index in [2.05, 4.69) is 31.6 Å². The minimum atomic E-state index is 0.313. The van der Waals surface area contributed by atoms with Gasteiger partial charge in [0.25, 0.3) is 0 Å². The fraction of sp³-hybridized carbons (Fsp3) is 0.600. The van der Waals surface area contributed by atoms with Crippen molar-refractivity contribution in [2.75, 3.05) is 41.7 Å². The minimum Gasteiger partial charge on any atom is -0.368 e. The minimum absolute atomic E-state index is 0.313. The molecule has 3 aromatic rings. The third-order valence-electron chi connectivity index (χ3n) is 7.71. The highest BCUT2D eigenvalue weighted by Crippen LogP contribution is 2.34. The molecule has 3 aliphatic rings. The molecule has 5 N–H and O–H groups in total. The average molecular weight is 477 g/mol. The quantitative estimate of drug-likeness (QED) is 0.425. The fourth-order valence-corrected chi connectivity index (χ4v) is 5.64. The number of nitrogens with one attached hydrogen (secondary N) is 3. The van der Waals surface area contributed by atoms with Crippen LogP contribution in [-0.4, -0.2) is 63.0 Å². The molecule has 3 aromatic heterocycles. The van der Waals surface area contributed by atoms with Crippen molar-refractivity contribution in [2.24, 2.45) is 5.73 Å². The molecule has 10 heteroatoms. The van der Waals surface area contributed by atoms with Crippen LogP contribution in [0.15, 0.2) is 24.5 Å². The van der Waals surface area contributed by atoms with Crippen LogP contribution >= 0.6 is 0 Å². The number of anilines is 4. The maximum atomic E-state index is 6.12. The van der Waals surface area contributed by atoms with Gasteiger partial charge in [0.15, 0.2) is 5.65 Å². The first-order chi connectivity index (χ1) is 17.2. The van der Waals surface area contributed by atoms with Crippen molar-refractivity contribution >= 4 is 34.3 Å². The Morgan fingerprint density at radius 3 is 2.49 bits per heavy atom. The first-order valence-electron chi connectivity index (χ1n) is 13.2. The summed E-state index contributed by atoms with van der Waals surface area (Å²) in [7, 11) is 0. The lowest BCUT2D eigenvalue weighted by molar-refractivity contribution is 0.410. The van der Waals surface area contributed by atoms with Crippen LogP contribution in [0.1, 0.15) is 57.4 Å². The number of nitrogens with zero attached hydrogens (tertiary/aromatic N) is 6. The predicted molar refractivity (Wildman–Crippen MR) is 139 cm³/mol. The molecule has 0 atom stereocenters. The van der Waals surface area contributed by atoms with Gasteiger partial charge in [0.1, 0.15) is 11.6 Å². The molecule has 0 unspecified atom stereocenters. The molecule has 35 heavy (non-hydrogen) atoms. The van der Waals surface area contributed by atoms with E-state index in [0.717, 1.165) is 93.1 Å². The number of hydrogen-bond acceptors (Lipinski definition) is 9. The van der Waals surface area contributed by atoms with E-state index in [-0.39, 0.29) is 0 Å². The Morgan fingerprint density at radius 1 is 0.943 bits per heavy atom. The summed E-state index contributed by atoms with van der Waals surface area (Å²) >= 11 is 0. The second-order valence-electron chi connectivity index (χ2n) is 10.2. The van der Waals surface area contributed by atoms with Gasteiger partial charge in [-0.2, -0.15) is 15.1 Å². The zero-order chi connectivity index (χ0) is 23.6. The third kappa shape index (κ3) is 4.90. The molecule has 3 fully saturated rings. The summed E-state index contributed by atoms with van der Waals surface area (Å²) in [6.45, 7) is 4.02. The van der Waals surface area contributed by atoms with Gasteiger partial charge in [-0.25, -0.2) is 9.67 Å². The molecule has 0 aromatic carbocycles. The molecule has 4 heterocycles. The van der Waals surface area contributed by atoms with Crippen molar-refractivity contribution in [1.29, 1.82) is 0 Å². The van der Waals surface area contributed by atoms with Gasteiger partial charge in [0.05, 0.1) is 29.5 Å². The van der Waals surface area contributed by atoms with E-state index in [1.54, 1.807) is 0 Å². The van der Waals surface area contributed by atoms with Crippen molar-refractivity contribution in [2.45, 2.75) is 69.5 Å². The molecule has 0 spiro atoms. The predicted octanol–water partition coefficient (Wildman–Crippen LogP) is 3.17. The van der Waals surface area contributed by atoms with Crippen LogP contribution in [0, 0.1) is 0 Å². The molecule has 186 valence electrons. The van der Waals surface area contributed by atoms with E-state index in [9.17, 15) is 0 Å². The molecule has 1 aliphatic heterocycles. The number of piperazine rings is 1. The topological polar surface area (TPSA) is 122 Å². The van der Waals surface area contributed by atoms with Gasteiger partial charge in [0.2, 0.25) is 5.95 Å². The van der Waals surface area contributed by atoms with Crippen molar-refractivity contribution < 1.29 is 0 Å². The Morgan fingerprint density at radius 2 is 1.74 bits per heavy atom. The van der Waals surface area contributed by atoms with Gasteiger partial charge in [-0.3, -0.25) is 0 Å². The summed E-state index contributed by atoms with van der Waals surface area (Å²) in [4.78, 5) is 16.9. The second kappa shape index (κ2) is 9.94. The van der Waals surface area contributed by atoms with Crippen LogP contribution in [0.2, 0.25) is 0 Å². The molecule has 2 aliphatic carbocycles. The Labute approximate surface area is 206 Å². The number of rotatable bonds is 6. The first kappa shape index (κ1) is 22.5. The SMILES string of the molecule is NC1CCC(Nc2nc(Nc3ccc(N4CCNCC4)cn3)c3cnn(C4CCCC4)c3n2)CC1. The number of hydrogen-bond donors (Lipinski definition) is 4. The summed E-state index contributed by atoms with van der Waals surface area (Å²) in [6.07, 6.45) is 12.8. The molecular weight excluding hydrogens is 440 g/mol. The number of nitrogens with two attached hydrogens (primary N) is 1. The van der Waals surface area contributed by atoms with Gasteiger partial charge in [0, 0.05) is 38.3 Å². The van der Waals surface area contributed by atoms with Gasteiger partial charge in [-0.15, -0.1) is 0 Å². The lowest BCUT2D eigenvalue weighted by atomic mass is 9.92. The lowest BCUT2D eigenvalue weighted by Gasteiger charge is -2.29. The second-order valence-corrected chi connectivity index (χ2v) is 10.2. The van der Waals surface area contributed by atoms with Crippen LogP contribution in [0.4, 0.5) is 23.3 Å². The fourth-order valence-electron chi connectivity index (χ4n) is 5.64. The van der Waals surface area contributed by atoms with E-state index in [4.69, 9.17) is 25.8 Å². The van der Waals surface area contributed by atoms with Crippen molar-refractivity contribution in [3.05, 3.63) is 24.5 Å². The smallest absolute Gasteiger partial charge is 0.226 e. The van der Waals surface area contributed by atoms with Gasteiger partial charge >= 0.3 is 0 Å². The summed E-state index contributed by atoms with van der Waals surface area (Å²) in [5.74, 6) is 2.17. The highest BCUT2D eigenvalue weighted by molar-refractivity contribution is 5.89. The Kier molecular flexibility index (Phi) is 6.39. The highest BCUT2D eigenvalue weighted by atomic mass is 15.3. The van der Waals surface area contributed by atoms with Gasteiger partial charge < -0.3 is 26.6 Å². The monoisotopic (exact) mass is 476 g/mol. The van der Waals surface area contributed by atoms with Crippen molar-refractivity contribution in [3.8, 4) is 0 Å². The number of pyridine rings is 1. The average Bonchev–Trinajstić information content (AvgIpc) is 3.57. The third-order valence-corrected chi connectivity index (χ3v) is 7.71. The molecular formula is C25H36N10. The maximum absolute atomic E-state index is 6.12. The zero-order valence-electron chi connectivity index (χ0n) is 20.3. The van der Waals surface area contributed by atoms with E-state index in [1.165, 1.54) is 12.8 Å². The maximum Gasteiger partial charge on any atom is 0.226 e. The Balaban J connectivity index is 1.28. The molecule has 0 bridgehead atoms. The largest absolute Gasteiger partial charge is 0.368 e. The highest BCUT2D eigenvalue weighted by Gasteiger charge is 2.24. The Bertz CT molecular complexity index is 1120. The van der Waals surface area contributed by atoms with Gasteiger partial charge in [-0.05, 0) is 50.7 Å². The summed E-state index contributed by atoms with van der Waals surface area (Å²) in [6, 6.07) is 5.23. The van der Waals surface area contributed by atoms with Crippen LogP contribution in [0.3, 0.4) is 0 Å². The molecule has 1 saturated heterocycles. The van der Waals surface area contributed by atoms with Crippen molar-refractivity contribution in [3.63, 3.8) is 0 Å². The summed E-state index contributed by atoms with van der Waals surface area (Å²) in [5, 5.41) is 16.1. The molecule has 10 nitrogen and oxygen atoms in total. The standard InChI is InChI=1S/C25H36N10/c26-17-5-7-18(8-6-17)30-25-32-23(21-16-29-35(24(21)33-25)19-3-1-2-4-19)31-22-10-9-20(15-28-22)34-13-11-27-12-14-34/h9-10,15-19,27H,1-8,11-14,26H2,(H2,28,30,31,32,33). The van der Waals surface area contributed by atoms with Gasteiger partial charge in [-0.1, -0.05) is 12.8 Å². The first-order valence-corrected chi connectivity index (χ1v) is 13.2.